The maximum Gasteiger partial charge on any atom is 0.254 e. The van der Waals surface area contributed by atoms with Gasteiger partial charge in [0.15, 0.2) is 0 Å². The van der Waals surface area contributed by atoms with Crippen LogP contribution in [0.25, 0.3) is 0 Å². The molecule has 2 aromatic carbocycles. The number of carbonyl (C=O) groups is 1. The molecule has 0 aliphatic carbocycles. The molecule has 0 aliphatic rings. The molecular formula is C16H15ClFNO2. The van der Waals surface area contributed by atoms with Crippen molar-refractivity contribution in [1.82, 2.24) is 5.32 Å². The first kappa shape index (κ1) is 15.3. The molecule has 1 amide bonds. The van der Waals surface area contributed by atoms with E-state index in [9.17, 15) is 9.18 Å². The Morgan fingerprint density at radius 2 is 2.00 bits per heavy atom. The van der Waals surface area contributed by atoms with E-state index in [4.69, 9.17) is 16.3 Å². The number of carbonyl (C=O) groups excluding carboxylic acids is 1. The van der Waals surface area contributed by atoms with Crippen molar-refractivity contribution in [3.05, 3.63) is 64.4 Å². The van der Waals surface area contributed by atoms with Crippen LogP contribution in [-0.4, -0.2) is 13.0 Å². The number of nitrogens with one attached hydrogen (secondary N) is 1. The molecule has 0 radical (unpaired) electrons. The van der Waals surface area contributed by atoms with E-state index in [1.165, 1.54) is 12.1 Å². The van der Waals surface area contributed by atoms with Crippen LogP contribution in [0, 0.1) is 5.82 Å². The average Bonchev–Trinajstić information content (AvgIpc) is 2.46. The number of ether oxygens (including phenoxy) is 1. The molecule has 1 N–H and O–H groups in total. The summed E-state index contributed by atoms with van der Waals surface area (Å²) in [6.07, 6.45) is 0. The highest BCUT2D eigenvalue weighted by molar-refractivity contribution is 6.30. The highest BCUT2D eigenvalue weighted by Crippen LogP contribution is 2.25. The Kier molecular flexibility index (Phi) is 4.81. The van der Waals surface area contributed by atoms with E-state index in [0.717, 1.165) is 11.6 Å². The molecule has 1 atom stereocenters. The molecule has 0 saturated carbocycles. The van der Waals surface area contributed by atoms with Gasteiger partial charge in [0.05, 0.1) is 18.7 Å². The molecule has 2 aromatic rings. The normalized spacial score (nSPS) is 11.8. The summed E-state index contributed by atoms with van der Waals surface area (Å²) in [7, 11) is 1.56. The standard InChI is InChI=1S/C16H15ClFNO2/c1-10(12-5-3-4-6-15(12)21-2)19-16(20)13-8-7-11(17)9-14(13)18/h3-10H,1-2H3,(H,19,20)/t10-/m0/s1. The molecule has 0 fully saturated rings. The van der Waals surface area contributed by atoms with Crippen LogP contribution in [-0.2, 0) is 0 Å². The fourth-order valence-corrected chi connectivity index (χ4v) is 2.21. The summed E-state index contributed by atoms with van der Waals surface area (Å²) >= 11 is 5.67. The van der Waals surface area contributed by atoms with Crippen molar-refractivity contribution in [2.75, 3.05) is 7.11 Å². The van der Waals surface area contributed by atoms with Crippen LogP contribution in [0.3, 0.4) is 0 Å². The summed E-state index contributed by atoms with van der Waals surface area (Å²) in [5, 5.41) is 3.00. The number of methoxy groups -OCH3 is 1. The maximum atomic E-state index is 13.7. The van der Waals surface area contributed by atoms with Crippen LogP contribution >= 0.6 is 11.6 Å². The Morgan fingerprint density at radius 3 is 2.67 bits per heavy atom. The van der Waals surface area contributed by atoms with Crippen molar-refractivity contribution in [2.45, 2.75) is 13.0 Å². The number of para-hydroxylation sites is 1. The minimum atomic E-state index is -0.646. The van der Waals surface area contributed by atoms with Gasteiger partial charge in [-0.1, -0.05) is 29.8 Å². The van der Waals surface area contributed by atoms with Crippen molar-refractivity contribution < 1.29 is 13.9 Å². The molecule has 0 heterocycles. The summed E-state index contributed by atoms with van der Waals surface area (Å²) < 4.78 is 19.0. The highest BCUT2D eigenvalue weighted by Gasteiger charge is 2.17. The van der Waals surface area contributed by atoms with E-state index in [-0.39, 0.29) is 16.6 Å². The van der Waals surface area contributed by atoms with Crippen molar-refractivity contribution >= 4 is 17.5 Å². The van der Waals surface area contributed by atoms with Gasteiger partial charge in [0.2, 0.25) is 0 Å². The van der Waals surface area contributed by atoms with Crippen molar-refractivity contribution in [3.8, 4) is 5.75 Å². The van der Waals surface area contributed by atoms with Crippen molar-refractivity contribution in [1.29, 1.82) is 0 Å². The number of amides is 1. The smallest absolute Gasteiger partial charge is 0.254 e. The molecule has 0 bridgehead atoms. The molecule has 0 spiro atoms. The molecule has 0 aromatic heterocycles. The minimum absolute atomic E-state index is 0.0406. The number of halogens is 2. The number of benzene rings is 2. The first-order chi connectivity index (χ1) is 10.0. The second kappa shape index (κ2) is 6.59. The fraction of sp³-hybridized carbons (Fsp3) is 0.188. The molecular weight excluding hydrogens is 293 g/mol. The van der Waals surface area contributed by atoms with E-state index < -0.39 is 11.7 Å². The van der Waals surface area contributed by atoms with Gasteiger partial charge in [-0.05, 0) is 31.2 Å². The van der Waals surface area contributed by atoms with Gasteiger partial charge in [-0.2, -0.15) is 0 Å². The Morgan fingerprint density at radius 1 is 1.29 bits per heavy atom. The summed E-state index contributed by atoms with van der Waals surface area (Å²) in [4.78, 5) is 12.1. The van der Waals surface area contributed by atoms with E-state index in [0.29, 0.717) is 5.75 Å². The predicted molar refractivity (Wildman–Crippen MR) is 80.3 cm³/mol. The second-order valence-electron chi connectivity index (χ2n) is 4.56. The Hall–Kier alpha value is -2.07. The van der Waals surface area contributed by atoms with E-state index in [2.05, 4.69) is 5.32 Å². The van der Waals surface area contributed by atoms with Crippen LogP contribution in [0.1, 0.15) is 28.9 Å². The van der Waals surface area contributed by atoms with Gasteiger partial charge >= 0.3 is 0 Å². The van der Waals surface area contributed by atoms with Gasteiger partial charge in [0, 0.05) is 10.6 Å². The zero-order valence-electron chi connectivity index (χ0n) is 11.7. The second-order valence-corrected chi connectivity index (χ2v) is 5.00. The van der Waals surface area contributed by atoms with Crippen molar-refractivity contribution in [3.63, 3.8) is 0 Å². The summed E-state index contributed by atoms with van der Waals surface area (Å²) in [5.41, 5.74) is 0.781. The monoisotopic (exact) mass is 307 g/mol. The van der Waals surface area contributed by atoms with Crippen LogP contribution in [0.4, 0.5) is 4.39 Å². The van der Waals surface area contributed by atoms with Crippen LogP contribution < -0.4 is 10.1 Å². The maximum absolute atomic E-state index is 13.7. The van der Waals surface area contributed by atoms with E-state index in [1.807, 2.05) is 25.1 Å². The lowest BCUT2D eigenvalue weighted by molar-refractivity contribution is 0.0935. The summed E-state index contributed by atoms with van der Waals surface area (Å²) in [5.74, 6) is -0.475. The molecule has 0 aliphatic heterocycles. The fourth-order valence-electron chi connectivity index (χ4n) is 2.05. The van der Waals surface area contributed by atoms with Gasteiger partial charge in [-0.25, -0.2) is 4.39 Å². The van der Waals surface area contributed by atoms with E-state index >= 15 is 0 Å². The Bertz CT molecular complexity index is 660. The van der Waals surface area contributed by atoms with Crippen molar-refractivity contribution in [2.24, 2.45) is 0 Å². The quantitative estimate of drug-likeness (QED) is 0.928. The number of hydrogen-bond acceptors (Lipinski definition) is 2. The third-order valence-corrected chi connectivity index (χ3v) is 3.36. The zero-order valence-corrected chi connectivity index (χ0v) is 12.4. The highest BCUT2D eigenvalue weighted by atomic mass is 35.5. The zero-order chi connectivity index (χ0) is 15.4. The predicted octanol–water partition coefficient (Wildman–Crippen LogP) is 3.98. The van der Waals surface area contributed by atoms with Gasteiger partial charge in [-0.3, -0.25) is 4.79 Å². The first-order valence-electron chi connectivity index (χ1n) is 6.41. The van der Waals surface area contributed by atoms with Crippen LogP contribution in [0.15, 0.2) is 42.5 Å². The summed E-state index contributed by atoms with van der Waals surface area (Å²) in [6, 6.07) is 11.0. The molecule has 3 nitrogen and oxygen atoms in total. The largest absolute Gasteiger partial charge is 0.496 e. The van der Waals surface area contributed by atoms with E-state index in [1.54, 1.807) is 13.2 Å². The molecule has 21 heavy (non-hydrogen) atoms. The number of hydrogen-bond donors (Lipinski definition) is 1. The van der Waals surface area contributed by atoms with Crippen LogP contribution in [0.2, 0.25) is 5.02 Å². The lowest BCUT2D eigenvalue weighted by Crippen LogP contribution is -2.27. The molecule has 110 valence electrons. The summed E-state index contributed by atoms with van der Waals surface area (Å²) in [6.45, 7) is 1.81. The Balaban J connectivity index is 2.19. The van der Waals surface area contributed by atoms with Gasteiger partial charge < -0.3 is 10.1 Å². The Labute approximate surface area is 127 Å². The third kappa shape index (κ3) is 3.52. The van der Waals surface area contributed by atoms with Gasteiger partial charge in [-0.15, -0.1) is 0 Å². The number of rotatable bonds is 4. The molecule has 5 heteroatoms. The topological polar surface area (TPSA) is 38.3 Å². The minimum Gasteiger partial charge on any atom is -0.496 e. The lowest BCUT2D eigenvalue weighted by Gasteiger charge is -2.17. The van der Waals surface area contributed by atoms with Gasteiger partial charge in [0.1, 0.15) is 11.6 Å². The third-order valence-electron chi connectivity index (χ3n) is 3.13. The lowest BCUT2D eigenvalue weighted by atomic mass is 10.1. The van der Waals surface area contributed by atoms with Gasteiger partial charge in [0.25, 0.3) is 5.91 Å². The molecule has 0 unspecified atom stereocenters. The average molecular weight is 308 g/mol. The first-order valence-corrected chi connectivity index (χ1v) is 6.79. The SMILES string of the molecule is COc1ccccc1[C@H](C)NC(=O)c1ccc(Cl)cc1F. The molecule has 2 rings (SSSR count). The van der Waals surface area contributed by atoms with Crippen LogP contribution in [0.5, 0.6) is 5.75 Å². The molecule has 0 saturated heterocycles.